The molecule has 1 aromatic carbocycles. The SMILES string of the molecule is CC(C)OCc1cccc(NC(=O)C2(N)CC2)c1.Cl. The number of hydrogen-bond donors (Lipinski definition) is 2. The first-order valence-electron chi connectivity index (χ1n) is 6.30. The zero-order chi connectivity index (χ0) is 13.2. The summed E-state index contributed by atoms with van der Waals surface area (Å²) in [6.45, 7) is 4.54. The van der Waals surface area contributed by atoms with E-state index in [1.54, 1.807) is 0 Å². The monoisotopic (exact) mass is 284 g/mol. The zero-order valence-electron chi connectivity index (χ0n) is 11.3. The van der Waals surface area contributed by atoms with Gasteiger partial charge in [0.25, 0.3) is 0 Å². The normalized spacial score (nSPS) is 15.8. The number of ether oxygens (including phenoxy) is 1. The Labute approximate surface area is 120 Å². The molecule has 0 aromatic heterocycles. The minimum atomic E-state index is -0.634. The number of nitrogens with two attached hydrogens (primary N) is 1. The van der Waals surface area contributed by atoms with E-state index in [1.165, 1.54) is 0 Å². The van der Waals surface area contributed by atoms with Crippen molar-refractivity contribution < 1.29 is 9.53 Å². The van der Waals surface area contributed by atoms with E-state index < -0.39 is 5.54 Å². The fraction of sp³-hybridized carbons (Fsp3) is 0.500. The number of carbonyl (C=O) groups is 1. The van der Waals surface area contributed by atoms with Crippen LogP contribution in [0, 0.1) is 0 Å². The van der Waals surface area contributed by atoms with Gasteiger partial charge in [-0.25, -0.2) is 0 Å². The molecule has 2 rings (SSSR count). The van der Waals surface area contributed by atoms with Gasteiger partial charge in [0.1, 0.15) is 0 Å². The molecule has 0 bridgehead atoms. The van der Waals surface area contributed by atoms with Crippen molar-refractivity contribution in [3.63, 3.8) is 0 Å². The van der Waals surface area contributed by atoms with Gasteiger partial charge in [0.15, 0.2) is 0 Å². The zero-order valence-corrected chi connectivity index (χ0v) is 12.1. The highest BCUT2D eigenvalue weighted by Gasteiger charge is 2.45. The third kappa shape index (κ3) is 4.49. The quantitative estimate of drug-likeness (QED) is 0.873. The fourth-order valence-electron chi connectivity index (χ4n) is 1.62. The molecule has 1 aromatic rings. The maximum atomic E-state index is 11.8. The van der Waals surface area contributed by atoms with Gasteiger partial charge in [-0.1, -0.05) is 12.1 Å². The lowest BCUT2D eigenvalue weighted by atomic mass is 10.2. The number of halogens is 1. The van der Waals surface area contributed by atoms with Gasteiger partial charge >= 0.3 is 0 Å². The lowest BCUT2D eigenvalue weighted by Gasteiger charge is -2.12. The summed E-state index contributed by atoms with van der Waals surface area (Å²) in [5.74, 6) is -0.0931. The van der Waals surface area contributed by atoms with Crippen LogP contribution in [0.1, 0.15) is 32.3 Å². The van der Waals surface area contributed by atoms with Crippen molar-refractivity contribution in [2.75, 3.05) is 5.32 Å². The second-order valence-electron chi connectivity index (χ2n) is 5.17. The van der Waals surface area contributed by atoms with E-state index in [4.69, 9.17) is 10.5 Å². The minimum absolute atomic E-state index is 0. The average molecular weight is 285 g/mol. The molecular formula is C14H21ClN2O2. The maximum Gasteiger partial charge on any atom is 0.244 e. The van der Waals surface area contributed by atoms with Gasteiger partial charge in [0, 0.05) is 5.69 Å². The number of benzene rings is 1. The molecule has 19 heavy (non-hydrogen) atoms. The first-order valence-corrected chi connectivity index (χ1v) is 6.30. The third-order valence-corrected chi connectivity index (χ3v) is 3.01. The summed E-state index contributed by atoms with van der Waals surface area (Å²) >= 11 is 0. The second-order valence-corrected chi connectivity index (χ2v) is 5.17. The van der Waals surface area contributed by atoms with Crippen LogP contribution in [0.4, 0.5) is 5.69 Å². The highest BCUT2D eigenvalue weighted by molar-refractivity contribution is 6.00. The summed E-state index contributed by atoms with van der Waals surface area (Å²) in [6, 6.07) is 7.67. The Morgan fingerprint density at radius 1 is 1.47 bits per heavy atom. The number of amides is 1. The van der Waals surface area contributed by atoms with Crippen LogP contribution in [-0.4, -0.2) is 17.6 Å². The summed E-state index contributed by atoms with van der Waals surface area (Å²) < 4.78 is 5.53. The predicted octanol–water partition coefficient (Wildman–Crippen LogP) is 2.46. The molecule has 3 N–H and O–H groups in total. The Hall–Kier alpha value is -1.10. The van der Waals surface area contributed by atoms with E-state index in [0.717, 1.165) is 24.1 Å². The summed E-state index contributed by atoms with van der Waals surface area (Å²) in [7, 11) is 0. The summed E-state index contributed by atoms with van der Waals surface area (Å²) in [6.07, 6.45) is 1.74. The standard InChI is InChI=1S/C14H20N2O2.ClH/c1-10(2)18-9-11-4-3-5-12(8-11)16-13(17)14(15)6-7-14;/h3-5,8,10H,6-7,9,15H2,1-2H3,(H,16,17);1H. The molecule has 106 valence electrons. The van der Waals surface area contributed by atoms with E-state index in [2.05, 4.69) is 5.32 Å². The Morgan fingerprint density at radius 2 is 2.16 bits per heavy atom. The van der Waals surface area contributed by atoms with Crippen molar-refractivity contribution in [2.24, 2.45) is 5.73 Å². The first kappa shape index (κ1) is 16.0. The Kier molecular flexibility index (Phi) is 5.35. The van der Waals surface area contributed by atoms with Gasteiger partial charge in [-0.05, 0) is 44.4 Å². The van der Waals surface area contributed by atoms with Gasteiger partial charge in [-0.3, -0.25) is 4.79 Å². The van der Waals surface area contributed by atoms with Crippen LogP contribution in [0.5, 0.6) is 0 Å². The molecule has 4 nitrogen and oxygen atoms in total. The van der Waals surface area contributed by atoms with E-state index in [1.807, 2.05) is 38.1 Å². The summed E-state index contributed by atoms with van der Waals surface area (Å²) in [5.41, 5.74) is 7.03. The third-order valence-electron chi connectivity index (χ3n) is 3.01. The molecule has 1 fully saturated rings. The molecule has 0 unspecified atom stereocenters. The van der Waals surface area contributed by atoms with Crippen LogP contribution >= 0.6 is 12.4 Å². The molecule has 1 aliphatic carbocycles. The molecule has 0 heterocycles. The molecule has 1 saturated carbocycles. The van der Waals surface area contributed by atoms with Crippen LogP contribution in [-0.2, 0) is 16.1 Å². The molecule has 0 saturated heterocycles. The van der Waals surface area contributed by atoms with Crippen molar-refractivity contribution >= 4 is 24.0 Å². The van der Waals surface area contributed by atoms with Crippen molar-refractivity contribution in [3.05, 3.63) is 29.8 Å². The van der Waals surface area contributed by atoms with E-state index in [0.29, 0.717) is 6.61 Å². The highest BCUT2D eigenvalue weighted by atomic mass is 35.5. The van der Waals surface area contributed by atoms with Crippen molar-refractivity contribution in [1.82, 2.24) is 0 Å². The van der Waals surface area contributed by atoms with Crippen LogP contribution in [0.25, 0.3) is 0 Å². The average Bonchev–Trinajstić information content (AvgIpc) is 3.07. The van der Waals surface area contributed by atoms with Crippen molar-refractivity contribution in [1.29, 1.82) is 0 Å². The van der Waals surface area contributed by atoms with Gasteiger partial charge in [-0.2, -0.15) is 0 Å². The van der Waals surface area contributed by atoms with Gasteiger partial charge < -0.3 is 15.8 Å². The second kappa shape index (κ2) is 6.37. The number of carbonyl (C=O) groups excluding carboxylic acids is 1. The minimum Gasteiger partial charge on any atom is -0.374 e. The van der Waals surface area contributed by atoms with E-state index in [-0.39, 0.29) is 24.4 Å². The summed E-state index contributed by atoms with van der Waals surface area (Å²) in [5, 5.41) is 2.85. The molecule has 1 amide bonds. The fourth-order valence-corrected chi connectivity index (χ4v) is 1.62. The predicted molar refractivity (Wildman–Crippen MR) is 78.4 cm³/mol. The van der Waals surface area contributed by atoms with Crippen LogP contribution in [0.2, 0.25) is 0 Å². The van der Waals surface area contributed by atoms with Gasteiger partial charge in [0.05, 0.1) is 18.2 Å². The van der Waals surface area contributed by atoms with Crippen molar-refractivity contribution in [2.45, 2.75) is 44.9 Å². The largest absolute Gasteiger partial charge is 0.374 e. The molecule has 0 aliphatic heterocycles. The molecular weight excluding hydrogens is 264 g/mol. The van der Waals surface area contributed by atoms with Gasteiger partial charge in [0.2, 0.25) is 5.91 Å². The molecule has 0 atom stereocenters. The number of anilines is 1. The van der Waals surface area contributed by atoms with E-state index >= 15 is 0 Å². The highest BCUT2D eigenvalue weighted by Crippen LogP contribution is 2.33. The Bertz CT molecular complexity index is 445. The number of nitrogens with one attached hydrogen (secondary N) is 1. The van der Waals surface area contributed by atoms with E-state index in [9.17, 15) is 4.79 Å². The lowest BCUT2D eigenvalue weighted by molar-refractivity contribution is -0.118. The smallest absolute Gasteiger partial charge is 0.244 e. The molecule has 1 aliphatic rings. The van der Waals surface area contributed by atoms with Crippen LogP contribution in [0.15, 0.2) is 24.3 Å². The first-order chi connectivity index (χ1) is 8.49. The number of rotatable bonds is 5. The van der Waals surface area contributed by atoms with Crippen LogP contribution < -0.4 is 11.1 Å². The topological polar surface area (TPSA) is 64.3 Å². The van der Waals surface area contributed by atoms with Crippen LogP contribution in [0.3, 0.4) is 0 Å². The maximum absolute atomic E-state index is 11.8. The molecule has 5 heteroatoms. The Balaban J connectivity index is 0.00000180. The lowest BCUT2D eigenvalue weighted by Crippen LogP contribution is -2.37. The summed E-state index contributed by atoms with van der Waals surface area (Å²) in [4.78, 5) is 11.8. The van der Waals surface area contributed by atoms with Gasteiger partial charge in [-0.15, -0.1) is 12.4 Å². The molecule has 0 radical (unpaired) electrons. The molecule has 0 spiro atoms. The van der Waals surface area contributed by atoms with Crippen molar-refractivity contribution in [3.8, 4) is 0 Å². The number of hydrogen-bond acceptors (Lipinski definition) is 3. The Morgan fingerprint density at radius 3 is 2.74 bits per heavy atom.